The van der Waals surface area contributed by atoms with Crippen LogP contribution in [0.25, 0.3) is 0 Å². The van der Waals surface area contributed by atoms with Crippen molar-refractivity contribution in [1.82, 2.24) is 0 Å². The summed E-state index contributed by atoms with van der Waals surface area (Å²) in [5, 5.41) is 0. The molecule has 2 nitrogen and oxygen atoms in total. The van der Waals surface area contributed by atoms with Gasteiger partial charge in [0.1, 0.15) is 0 Å². The maximum absolute atomic E-state index is 5.00. The molecule has 2 rings (SSSR count). The van der Waals surface area contributed by atoms with Crippen LogP contribution < -0.4 is 0 Å². The first kappa shape index (κ1) is 27.3. The van der Waals surface area contributed by atoms with Crippen LogP contribution in [0.2, 0.25) is 0 Å². The zero-order valence-corrected chi connectivity index (χ0v) is 21.1. The number of aryl methyl sites for hydroxylation is 4. The van der Waals surface area contributed by atoms with E-state index < -0.39 is 0 Å². The first-order valence-corrected chi connectivity index (χ1v) is 12.0. The quantitative estimate of drug-likeness (QED) is 0.172. The van der Waals surface area contributed by atoms with Crippen molar-refractivity contribution in [2.45, 2.75) is 92.4 Å². The number of aliphatic imine (C=N–C) groups is 2. The predicted octanol–water partition coefficient (Wildman–Crippen LogP) is 8.38. The summed E-state index contributed by atoms with van der Waals surface area (Å²) in [5.41, 5.74) is 8.82. The second-order valence-corrected chi connectivity index (χ2v) is 7.99. The number of nitrogens with zero attached hydrogens (tertiary/aromatic N) is 2. The van der Waals surface area contributed by atoms with E-state index in [0.717, 1.165) is 49.2 Å². The fraction of sp³-hybridized carbons (Fsp3) is 0.500. The van der Waals surface area contributed by atoms with Crippen molar-refractivity contribution in [3.05, 3.63) is 58.7 Å². The van der Waals surface area contributed by atoms with E-state index in [1.165, 1.54) is 47.9 Å². The molecule has 0 N–H and O–H groups in total. The average molecular weight is 463 g/mol. The molecule has 0 heterocycles. The topological polar surface area (TPSA) is 24.7 Å². The van der Waals surface area contributed by atoms with Gasteiger partial charge in [-0.1, -0.05) is 66.0 Å². The Balaban J connectivity index is 0.00000480. The van der Waals surface area contributed by atoms with Crippen LogP contribution in [0.15, 0.2) is 46.4 Å². The van der Waals surface area contributed by atoms with E-state index in [-0.39, 0.29) is 16.5 Å². The van der Waals surface area contributed by atoms with Crippen molar-refractivity contribution in [2.75, 3.05) is 0 Å². The van der Waals surface area contributed by atoms with Crippen LogP contribution in [0.4, 0.5) is 11.4 Å². The van der Waals surface area contributed by atoms with E-state index in [4.69, 9.17) is 9.98 Å². The Kier molecular flexibility index (Phi) is 13.3. The van der Waals surface area contributed by atoms with Gasteiger partial charge in [0.2, 0.25) is 0 Å². The zero-order valence-electron chi connectivity index (χ0n) is 20.1. The maximum Gasteiger partial charge on any atom is 0.0636 e. The molecule has 0 aliphatic carbocycles. The van der Waals surface area contributed by atoms with Crippen LogP contribution in [-0.2, 0) is 42.2 Å². The largest absolute Gasteiger partial charge is 0.255 e. The van der Waals surface area contributed by atoms with E-state index in [1.807, 2.05) is 6.21 Å². The molecule has 0 fully saturated rings. The van der Waals surface area contributed by atoms with Crippen molar-refractivity contribution >= 4 is 23.3 Å². The number of hydrogen-bond donors (Lipinski definition) is 0. The van der Waals surface area contributed by atoms with E-state index >= 15 is 0 Å². The molecule has 0 atom stereocenters. The predicted molar refractivity (Wildman–Crippen MR) is 134 cm³/mol. The fourth-order valence-corrected chi connectivity index (χ4v) is 3.92. The zero-order chi connectivity index (χ0) is 21.8. The Hall–Kier alpha value is -1.73. The second-order valence-electron chi connectivity index (χ2n) is 7.99. The van der Waals surface area contributed by atoms with Crippen molar-refractivity contribution in [1.29, 1.82) is 0 Å². The first-order chi connectivity index (χ1) is 14.6. The van der Waals surface area contributed by atoms with Crippen LogP contribution in [0, 0.1) is 0 Å². The molecule has 0 aliphatic heterocycles. The van der Waals surface area contributed by atoms with Crippen molar-refractivity contribution in [3.8, 4) is 0 Å². The Morgan fingerprint density at radius 3 is 1.77 bits per heavy atom. The molecular weight excluding hydrogens is 423 g/mol. The van der Waals surface area contributed by atoms with Gasteiger partial charge in [0.05, 0.1) is 17.1 Å². The SMILES string of the molecule is CCCCCCC(/C=N/c1ccc(CC)c(CC)c1)=N\c1ccc(CC)c(CC)c1.[Ni]. The summed E-state index contributed by atoms with van der Waals surface area (Å²) in [4.78, 5) is 9.81. The van der Waals surface area contributed by atoms with Crippen LogP contribution in [-0.4, -0.2) is 11.9 Å². The molecular formula is C28H40N2Ni. The first-order valence-electron chi connectivity index (χ1n) is 12.0. The Morgan fingerprint density at radius 1 is 0.677 bits per heavy atom. The van der Waals surface area contributed by atoms with E-state index in [2.05, 4.69) is 71.0 Å². The molecule has 0 spiro atoms. The van der Waals surface area contributed by atoms with Crippen molar-refractivity contribution in [2.24, 2.45) is 9.98 Å². The molecule has 0 radical (unpaired) electrons. The van der Waals surface area contributed by atoms with E-state index in [9.17, 15) is 0 Å². The van der Waals surface area contributed by atoms with Gasteiger partial charge < -0.3 is 0 Å². The summed E-state index contributed by atoms with van der Waals surface area (Å²) in [7, 11) is 0. The molecule has 0 unspecified atom stereocenters. The van der Waals surface area contributed by atoms with Crippen LogP contribution in [0.1, 0.15) is 89.0 Å². The third-order valence-electron chi connectivity index (χ3n) is 5.83. The smallest absolute Gasteiger partial charge is 0.0636 e. The molecule has 0 bridgehead atoms. The minimum atomic E-state index is 0. The van der Waals surface area contributed by atoms with Gasteiger partial charge >= 0.3 is 0 Å². The van der Waals surface area contributed by atoms with Gasteiger partial charge in [0.15, 0.2) is 0 Å². The van der Waals surface area contributed by atoms with Crippen LogP contribution >= 0.6 is 0 Å². The third-order valence-corrected chi connectivity index (χ3v) is 5.83. The number of rotatable bonds is 12. The average Bonchev–Trinajstić information content (AvgIpc) is 2.79. The molecule has 172 valence electrons. The van der Waals surface area contributed by atoms with E-state index in [1.54, 1.807) is 0 Å². The second kappa shape index (κ2) is 15.1. The van der Waals surface area contributed by atoms with Gasteiger partial charge in [-0.2, -0.15) is 0 Å². The normalized spacial score (nSPS) is 11.7. The molecule has 0 amide bonds. The summed E-state index contributed by atoms with van der Waals surface area (Å²) in [6.45, 7) is 11.1. The number of hydrogen-bond acceptors (Lipinski definition) is 2. The summed E-state index contributed by atoms with van der Waals surface area (Å²) in [6, 6.07) is 13.2. The van der Waals surface area contributed by atoms with Gasteiger partial charge in [-0.15, -0.1) is 0 Å². The Labute approximate surface area is 200 Å². The maximum atomic E-state index is 5.00. The molecule has 0 saturated carbocycles. The number of unbranched alkanes of at least 4 members (excludes halogenated alkanes) is 3. The minimum absolute atomic E-state index is 0. The van der Waals surface area contributed by atoms with Gasteiger partial charge in [-0.3, -0.25) is 9.98 Å². The monoisotopic (exact) mass is 462 g/mol. The molecule has 0 aromatic heterocycles. The fourth-order valence-electron chi connectivity index (χ4n) is 3.92. The third kappa shape index (κ3) is 8.73. The summed E-state index contributed by atoms with van der Waals surface area (Å²) in [6.07, 6.45) is 12.2. The summed E-state index contributed by atoms with van der Waals surface area (Å²) in [5.74, 6) is 0. The number of benzene rings is 2. The molecule has 2 aromatic carbocycles. The van der Waals surface area contributed by atoms with Gasteiger partial charge in [0, 0.05) is 22.7 Å². The van der Waals surface area contributed by atoms with Crippen LogP contribution in [0.5, 0.6) is 0 Å². The van der Waals surface area contributed by atoms with Crippen molar-refractivity contribution < 1.29 is 16.5 Å². The summed E-state index contributed by atoms with van der Waals surface area (Å²) < 4.78 is 0. The molecule has 0 aliphatic rings. The van der Waals surface area contributed by atoms with Gasteiger partial charge in [0.25, 0.3) is 0 Å². The van der Waals surface area contributed by atoms with Crippen LogP contribution in [0.3, 0.4) is 0 Å². The molecule has 31 heavy (non-hydrogen) atoms. The van der Waals surface area contributed by atoms with Crippen molar-refractivity contribution in [3.63, 3.8) is 0 Å². The minimum Gasteiger partial charge on any atom is -0.255 e. The molecule has 2 aromatic rings. The van der Waals surface area contributed by atoms with Gasteiger partial charge in [-0.05, 0) is 85.0 Å². The Bertz CT molecular complexity index is 852. The standard InChI is InChI=1S/C28H40N2.Ni/c1-6-11-12-13-14-28(30-27-18-16-23(8-3)25(10-5)20-27)21-29-26-17-15-22(7-2)24(9-4)19-26;/h15-21H,6-14H2,1-5H3;/b29-21+,30-28+;. The Morgan fingerprint density at radius 2 is 1.23 bits per heavy atom. The molecule has 0 saturated heterocycles. The van der Waals surface area contributed by atoms with Gasteiger partial charge in [-0.25, -0.2) is 0 Å². The van der Waals surface area contributed by atoms with E-state index in [0.29, 0.717) is 0 Å². The summed E-state index contributed by atoms with van der Waals surface area (Å²) >= 11 is 0. The molecule has 3 heteroatoms.